The summed E-state index contributed by atoms with van der Waals surface area (Å²) in [6.45, 7) is 1.63. The van der Waals surface area contributed by atoms with Crippen LogP contribution in [0.25, 0.3) is 0 Å². The van der Waals surface area contributed by atoms with Crippen LogP contribution in [0.1, 0.15) is 11.8 Å². The van der Waals surface area contributed by atoms with E-state index in [1.165, 1.54) is 0 Å². The minimum Gasteiger partial charge on any atom is -0.480 e. The van der Waals surface area contributed by atoms with Crippen molar-refractivity contribution in [1.29, 1.82) is 0 Å². The van der Waals surface area contributed by atoms with Crippen molar-refractivity contribution in [3.63, 3.8) is 0 Å². The third-order valence-electron chi connectivity index (χ3n) is 1.28. The molecule has 0 saturated heterocycles. The molecule has 12 heavy (non-hydrogen) atoms. The zero-order valence-corrected chi connectivity index (χ0v) is 6.52. The second-order valence-corrected chi connectivity index (χ2v) is 2.36. The van der Waals surface area contributed by atoms with Gasteiger partial charge in [-0.3, -0.25) is 4.79 Å². The maximum Gasteiger partial charge on any atom is 0.321 e. The zero-order valence-electron chi connectivity index (χ0n) is 6.52. The highest BCUT2D eigenvalue weighted by Crippen LogP contribution is 2.00. The summed E-state index contributed by atoms with van der Waals surface area (Å²) in [5.74, 6) is -0.421. The van der Waals surface area contributed by atoms with Gasteiger partial charge in [0.15, 0.2) is 0 Å². The fourth-order valence-corrected chi connectivity index (χ4v) is 0.695. The SMILES string of the molecule is Cc1nnc(CC(N)C(=O)O)o1. The zero-order chi connectivity index (χ0) is 9.14. The van der Waals surface area contributed by atoms with Crippen LogP contribution in [0.5, 0.6) is 0 Å². The first-order valence-electron chi connectivity index (χ1n) is 3.37. The molecule has 3 N–H and O–H groups in total. The largest absolute Gasteiger partial charge is 0.480 e. The molecule has 1 rings (SSSR count). The van der Waals surface area contributed by atoms with E-state index in [-0.39, 0.29) is 12.3 Å². The first kappa shape index (κ1) is 8.66. The van der Waals surface area contributed by atoms with E-state index in [4.69, 9.17) is 15.3 Å². The highest BCUT2D eigenvalue weighted by atomic mass is 16.4. The molecule has 0 aliphatic rings. The Morgan fingerprint density at radius 3 is 2.83 bits per heavy atom. The van der Waals surface area contributed by atoms with Gasteiger partial charge in [-0.1, -0.05) is 0 Å². The number of aliphatic carboxylic acids is 1. The molecule has 0 spiro atoms. The molecule has 0 aliphatic heterocycles. The van der Waals surface area contributed by atoms with Gasteiger partial charge in [0, 0.05) is 6.92 Å². The van der Waals surface area contributed by atoms with Gasteiger partial charge in [-0.2, -0.15) is 0 Å². The van der Waals surface area contributed by atoms with Crippen molar-refractivity contribution in [1.82, 2.24) is 10.2 Å². The third-order valence-corrected chi connectivity index (χ3v) is 1.28. The van der Waals surface area contributed by atoms with Crippen LogP contribution in [-0.2, 0) is 11.2 Å². The molecular weight excluding hydrogens is 162 g/mol. The molecule has 6 heteroatoms. The predicted octanol–water partition coefficient (Wildman–Crippen LogP) is -0.668. The molecular formula is C6H9N3O3. The summed E-state index contributed by atoms with van der Waals surface area (Å²) in [5.41, 5.74) is 5.23. The van der Waals surface area contributed by atoms with Crippen LogP contribution in [0.15, 0.2) is 4.42 Å². The summed E-state index contributed by atoms with van der Waals surface area (Å²) in [6.07, 6.45) is 0.0656. The van der Waals surface area contributed by atoms with Crippen molar-refractivity contribution in [2.75, 3.05) is 0 Å². The van der Waals surface area contributed by atoms with Crippen LogP contribution in [0.2, 0.25) is 0 Å². The molecule has 0 fully saturated rings. The maximum atomic E-state index is 10.3. The van der Waals surface area contributed by atoms with Crippen LogP contribution >= 0.6 is 0 Å². The lowest BCUT2D eigenvalue weighted by Crippen LogP contribution is -2.32. The average molecular weight is 171 g/mol. The summed E-state index contributed by atoms with van der Waals surface area (Å²) in [6, 6.07) is -0.982. The van der Waals surface area contributed by atoms with Crippen LogP contribution in [0, 0.1) is 6.92 Å². The number of nitrogens with two attached hydrogens (primary N) is 1. The fourth-order valence-electron chi connectivity index (χ4n) is 0.695. The highest BCUT2D eigenvalue weighted by molar-refractivity contribution is 5.73. The molecule has 0 aromatic carbocycles. The lowest BCUT2D eigenvalue weighted by atomic mass is 10.2. The fraction of sp³-hybridized carbons (Fsp3) is 0.500. The standard InChI is InChI=1S/C6H9N3O3/c1-3-8-9-5(12-3)2-4(7)6(10)11/h4H,2,7H2,1H3,(H,10,11). The Labute approximate surface area is 68.4 Å². The molecule has 1 unspecified atom stereocenters. The van der Waals surface area contributed by atoms with Gasteiger partial charge in [0.05, 0.1) is 6.42 Å². The Hall–Kier alpha value is -1.43. The Kier molecular flexibility index (Phi) is 2.39. The van der Waals surface area contributed by atoms with E-state index in [0.29, 0.717) is 5.89 Å². The molecule has 0 bridgehead atoms. The normalized spacial score (nSPS) is 12.8. The summed E-state index contributed by atoms with van der Waals surface area (Å²) in [7, 11) is 0. The van der Waals surface area contributed by atoms with E-state index < -0.39 is 12.0 Å². The highest BCUT2D eigenvalue weighted by Gasteiger charge is 2.15. The topological polar surface area (TPSA) is 102 Å². The second-order valence-electron chi connectivity index (χ2n) is 2.36. The summed E-state index contributed by atoms with van der Waals surface area (Å²) in [4.78, 5) is 10.3. The number of carbonyl (C=O) groups is 1. The number of carboxylic acids is 1. The van der Waals surface area contributed by atoms with Crippen LogP contribution < -0.4 is 5.73 Å². The van der Waals surface area contributed by atoms with Gasteiger partial charge in [-0.15, -0.1) is 10.2 Å². The van der Waals surface area contributed by atoms with E-state index >= 15 is 0 Å². The minimum atomic E-state index is -1.08. The van der Waals surface area contributed by atoms with Crippen molar-refractivity contribution in [3.05, 3.63) is 11.8 Å². The monoisotopic (exact) mass is 171 g/mol. The number of nitrogens with zero attached hydrogens (tertiary/aromatic N) is 2. The molecule has 0 amide bonds. The van der Waals surface area contributed by atoms with Crippen LogP contribution in [0.4, 0.5) is 0 Å². The van der Waals surface area contributed by atoms with Crippen molar-refractivity contribution in [3.8, 4) is 0 Å². The van der Waals surface area contributed by atoms with E-state index in [0.717, 1.165) is 0 Å². The smallest absolute Gasteiger partial charge is 0.321 e. The number of hydrogen-bond donors (Lipinski definition) is 2. The summed E-state index contributed by atoms with van der Waals surface area (Å²) in [5, 5.41) is 15.6. The van der Waals surface area contributed by atoms with Gasteiger partial charge in [0.25, 0.3) is 0 Å². The first-order chi connectivity index (χ1) is 5.59. The van der Waals surface area contributed by atoms with E-state index in [1.807, 2.05) is 0 Å². The second kappa shape index (κ2) is 3.31. The first-order valence-corrected chi connectivity index (χ1v) is 3.37. The molecule has 1 heterocycles. The number of hydrogen-bond acceptors (Lipinski definition) is 5. The Morgan fingerprint density at radius 1 is 1.75 bits per heavy atom. The summed E-state index contributed by atoms with van der Waals surface area (Å²) >= 11 is 0. The molecule has 0 aliphatic carbocycles. The Morgan fingerprint density at radius 2 is 2.42 bits per heavy atom. The van der Waals surface area contributed by atoms with E-state index in [2.05, 4.69) is 10.2 Å². The van der Waals surface area contributed by atoms with Crippen LogP contribution in [-0.4, -0.2) is 27.3 Å². The molecule has 0 saturated carbocycles. The van der Waals surface area contributed by atoms with Gasteiger partial charge in [0.2, 0.25) is 11.8 Å². The average Bonchev–Trinajstić information content (AvgIpc) is 2.35. The molecule has 1 aromatic heterocycles. The predicted molar refractivity (Wildman–Crippen MR) is 38.4 cm³/mol. The lowest BCUT2D eigenvalue weighted by Gasteiger charge is -2.00. The number of aryl methyl sites for hydroxylation is 1. The molecule has 1 atom stereocenters. The van der Waals surface area contributed by atoms with Crippen molar-refractivity contribution in [2.24, 2.45) is 5.73 Å². The summed E-state index contributed by atoms with van der Waals surface area (Å²) < 4.78 is 4.94. The van der Waals surface area contributed by atoms with Crippen LogP contribution in [0.3, 0.4) is 0 Å². The minimum absolute atomic E-state index is 0.0656. The number of carboxylic acid groups (broad SMARTS) is 1. The Bertz CT molecular complexity index is 283. The third kappa shape index (κ3) is 2.03. The Balaban J connectivity index is 2.58. The quantitative estimate of drug-likeness (QED) is 0.625. The number of rotatable bonds is 3. The van der Waals surface area contributed by atoms with E-state index in [1.54, 1.807) is 6.92 Å². The lowest BCUT2D eigenvalue weighted by molar-refractivity contribution is -0.138. The molecule has 6 nitrogen and oxygen atoms in total. The maximum absolute atomic E-state index is 10.3. The van der Waals surface area contributed by atoms with E-state index in [9.17, 15) is 4.79 Å². The van der Waals surface area contributed by atoms with Gasteiger partial charge in [0.1, 0.15) is 6.04 Å². The van der Waals surface area contributed by atoms with Gasteiger partial charge in [-0.25, -0.2) is 0 Å². The van der Waals surface area contributed by atoms with Gasteiger partial charge >= 0.3 is 5.97 Å². The molecule has 1 aromatic rings. The molecule has 66 valence electrons. The van der Waals surface area contributed by atoms with Crippen molar-refractivity contribution < 1.29 is 14.3 Å². The van der Waals surface area contributed by atoms with Crippen molar-refractivity contribution in [2.45, 2.75) is 19.4 Å². The number of aromatic nitrogens is 2. The molecule has 0 radical (unpaired) electrons. The van der Waals surface area contributed by atoms with Gasteiger partial charge < -0.3 is 15.3 Å². The van der Waals surface area contributed by atoms with Gasteiger partial charge in [-0.05, 0) is 0 Å². The van der Waals surface area contributed by atoms with Crippen molar-refractivity contribution >= 4 is 5.97 Å².